The number of allylic oxidation sites excluding steroid dienone is 3. The van der Waals surface area contributed by atoms with Crippen LogP contribution in [0.25, 0.3) is 0 Å². The quantitative estimate of drug-likeness (QED) is 0.526. The zero-order valence-electron chi connectivity index (χ0n) is 9.52. The highest BCUT2D eigenvalue weighted by atomic mass is 16.5. The lowest BCUT2D eigenvalue weighted by molar-refractivity contribution is -0.146. The Bertz CT molecular complexity index is 348. The summed E-state index contributed by atoms with van der Waals surface area (Å²) >= 11 is 0. The molecule has 0 spiro atoms. The van der Waals surface area contributed by atoms with Crippen LogP contribution in [-0.4, -0.2) is 12.1 Å². The number of hydrogen-bond donors (Lipinski definition) is 0. The maximum absolute atomic E-state index is 12.0. The zero-order valence-corrected chi connectivity index (χ0v) is 9.52. The number of ether oxygens (including phenoxy) is 1. The lowest BCUT2D eigenvalue weighted by atomic mass is 9.97. The van der Waals surface area contributed by atoms with Crippen LogP contribution in [-0.2, 0) is 9.53 Å². The van der Waals surface area contributed by atoms with Crippen LogP contribution in [0.3, 0.4) is 0 Å². The van der Waals surface area contributed by atoms with E-state index in [0.717, 1.165) is 24.8 Å². The van der Waals surface area contributed by atoms with Gasteiger partial charge in [-0.2, -0.15) is 0 Å². The molecule has 2 heteroatoms. The molecular formula is C14H18O2. The molecule has 0 aromatic carbocycles. The van der Waals surface area contributed by atoms with E-state index in [9.17, 15) is 4.79 Å². The van der Waals surface area contributed by atoms with Crippen molar-refractivity contribution in [2.45, 2.75) is 44.6 Å². The zero-order chi connectivity index (χ0) is 11.0. The fourth-order valence-electron chi connectivity index (χ4n) is 3.06. The highest BCUT2D eigenvalue weighted by molar-refractivity contribution is 5.90. The molecule has 2 bridgehead atoms. The Hall–Kier alpha value is -1.05. The molecule has 2 unspecified atom stereocenters. The summed E-state index contributed by atoms with van der Waals surface area (Å²) in [7, 11) is 0. The second-order valence-electron chi connectivity index (χ2n) is 5.18. The molecule has 0 heterocycles. The van der Waals surface area contributed by atoms with Gasteiger partial charge in [-0.1, -0.05) is 24.6 Å². The number of fused-ring (bicyclic) bond motifs is 2. The van der Waals surface area contributed by atoms with Crippen molar-refractivity contribution in [2.75, 3.05) is 0 Å². The van der Waals surface area contributed by atoms with Crippen molar-refractivity contribution in [3.05, 3.63) is 23.8 Å². The molecule has 0 radical (unpaired) electrons. The second kappa shape index (κ2) is 4.08. The van der Waals surface area contributed by atoms with Crippen molar-refractivity contribution < 1.29 is 9.53 Å². The van der Waals surface area contributed by atoms with Gasteiger partial charge in [0.25, 0.3) is 0 Å². The Labute approximate surface area is 96.4 Å². The van der Waals surface area contributed by atoms with E-state index < -0.39 is 0 Å². The van der Waals surface area contributed by atoms with Crippen LogP contribution in [0.2, 0.25) is 0 Å². The van der Waals surface area contributed by atoms with Gasteiger partial charge in [-0.05, 0) is 38.0 Å². The van der Waals surface area contributed by atoms with Gasteiger partial charge in [0.1, 0.15) is 6.10 Å². The summed E-state index contributed by atoms with van der Waals surface area (Å²) in [6.45, 7) is 0. The van der Waals surface area contributed by atoms with E-state index >= 15 is 0 Å². The van der Waals surface area contributed by atoms with Gasteiger partial charge in [0.15, 0.2) is 0 Å². The summed E-state index contributed by atoms with van der Waals surface area (Å²) in [5, 5.41) is 0. The van der Waals surface area contributed by atoms with Crippen molar-refractivity contribution in [3.63, 3.8) is 0 Å². The molecular weight excluding hydrogens is 200 g/mol. The molecule has 0 saturated heterocycles. The molecule has 0 N–H and O–H groups in total. The standard InChI is InChI=1S/C14H18O2/c15-14(16-12-4-2-1-3-5-12)13-9-10-6-7-11(13)8-10/h6-7,9-12H,1-5,8H2. The SMILES string of the molecule is O=C(OC1CCCCC1)C1=CC2C=CC1C2. The summed E-state index contributed by atoms with van der Waals surface area (Å²) in [5.74, 6) is 0.795. The first-order valence-corrected chi connectivity index (χ1v) is 6.44. The monoisotopic (exact) mass is 218 g/mol. The van der Waals surface area contributed by atoms with Crippen LogP contribution >= 0.6 is 0 Å². The topological polar surface area (TPSA) is 26.3 Å². The van der Waals surface area contributed by atoms with Crippen LogP contribution < -0.4 is 0 Å². The van der Waals surface area contributed by atoms with E-state index in [-0.39, 0.29) is 12.1 Å². The van der Waals surface area contributed by atoms with Gasteiger partial charge in [0.05, 0.1) is 0 Å². The first-order chi connectivity index (χ1) is 7.83. The van der Waals surface area contributed by atoms with E-state index in [4.69, 9.17) is 4.74 Å². The highest BCUT2D eigenvalue weighted by Crippen LogP contribution is 2.39. The highest BCUT2D eigenvalue weighted by Gasteiger charge is 2.33. The van der Waals surface area contributed by atoms with Crippen molar-refractivity contribution in [2.24, 2.45) is 11.8 Å². The van der Waals surface area contributed by atoms with Crippen LogP contribution in [0.15, 0.2) is 23.8 Å². The second-order valence-corrected chi connectivity index (χ2v) is 5.18. The molecule has 86 valence electrons. The van der Waals surface area contributed by atoms with E-state index in [1.165, 1.54) is 19.3 Å². The van der Waals surface area contributed by atoms with Crippen molar-refractivity contribution in [1.82, 2.24) is 0 Å². The van der Waals surface area contributed by atoms with E-state index in [0.29, 0.717) is 11.8 Å². The number of esters is 1. The number of carbonyl (C=O) groups is 1. The maximum atomic E-state index is 12.0. The Balaban J connectivity index is 1.59. The Morgan fingerprint density at radius 2 is 2.00 bits per heavy atom. The minimum Gasteiger partial charge on any atom is -0.459 e. The number of rotatable bonds is 2. The molecule has 3 aliphatic carbocycles. The Morgan fingerprint density at radius 1 is 1.19 bits per heavy atom. The normalized spacial score (nSPS) is 32.9. The van der Waals surface area contributed by atoms with Crippen LogP contribution in [0.5, 0.6) is 0 Å². The molecule has 2 nitrogen and oxygen atoms in total. The molecule has 1 saturated carbocycles. The summed E-state index contributed by atoms with van der Waals surface area (Å²) in [6.07, 6.45) is 13.6. The van der Waals surface area contributed by atoms with Gasteiger partial charge in [0, 0.05) is 11.5 Å². The summed E-state index contributed by atoms with van der Waals surface area (Å²) in [4.78, 5) is 12.0. The minimum atomic E-state index is -0.0521. The fraction of sp³-hybridized carbons (Fsp3) is 0.643. The minimum absolute atomic E-state index is 0.0521. The smallest absolute Gasteiger partial charge is 0.334 e. The summed E-state index contributed by atoms with van der Waals surface area (Å²) in [6, 6.07) is 0. The Kier molecular flexibility index (Phi) is 2.58. The molecule has 2 atom stereocenters. The molecule has 1 fully saturated rings. The average molecular weight is 218 g/mol. The summed E-state index contributed by atoms with van der Waals surface area (Å²) < 4.78 is 5.59. The van der Waals surface area contributed by atoms with Gasteiger partial charge >= 0.3 is 5.97 Å². The third-order valence-corrected chi connectivity index (χ3v) is 3.97. The van der Waals surface area contributed by atoms with E-state index in [2.05, 4.69) is 18.2 Å². The molecule has 3 rings (SSSR count). The van der Waals surface area contributed by atoms with Gasteiger partial charge in [-0.25, -0.2) is 4.79 Å². The molecule has 0 aromatic heterocycles. The Morgan fingerprint density at radius 3 is 2.62 bits per heavy atom. The average Bonchev–Trinajstić information content (AvgIpc) is 2.92. The third-order valence-electron chi connectivity index (χ3n) is 3.97. The van der Waals surface area contributed by atoms with E-state index in [1.54, 1.807) is 0 Å². The third kappa shape index (κ3) is 1.81. The van der Waals surface area contributed by atoms with Gasteiger partial charge in [-0.15, -0.1) is 0 Å². The largest absolute Gasteiger partial charge is 0.459 e. The first-order valence-electron chi connectivity index (χ1n) is 6.44. The van der Waals surface area contributed by atoms with Crippen LogP contribution in [0.4, 0.5) is 0 Å². The fourth-order valence-corrected chi connectivity index (χ4v) is 3.06. The molecule has 0 aliphatic heterocycles. The molecule has 16 heavy (non-hydrogen) atoms. The van der Waals surface area contributed by atoms with E-state index in [1.807, 2.05) is 0 Å². The maximum Gasteiger partial charge on any atom is 0.334 e. The van der Waals surface area contributed by atoms with Gasteiger partial charge in [-0.3, -0.25) is 0 Å². The lowest BCUT2D eigenvalue weighted by Crippen LogP contribution is -2.23. The first kappa shape index (κ1) is 10.1. The van der Waals surface area contributed by atoms with Crippen molar-refractivity contribution in [1.29, 1.82) is 0 Å². The van der Waals surface area contributed by atoms with Gasteiger partial charge < -0.3 is 4.74 Å². The van der Waals surface area contributed by atoms with Crippen LogP contribution in [0.1, 0.15) is 38.5 Å². The predicted molar refractivity (Wildman–Crippen MR) is 61.8 cm³/mol. The molecule has 0 amide bonds. The predicted octanol–water partition coefficient (Wildman–Crippen LogP) is 2.99. The molecule has 0 aromatic rings. The van der Waals surface area contributed by atoms with Gasteiger partial charge in [0.2, 0.25) is 0 Å². The van der Waals surface area contributed by atoms with Crippen molar-refractivity contribution >= 4 is 5.97 Å². The number of hydrogen-bond acceptors (Lipinski definition) is 2. The summed E-state index contributed by atoms with van der Waals surface area (Å²) in [5.41, 5.74) is 0.915. The molecule has 3 aliphatic rings. The van der Waals surface area contributed by atoms with Crippen molar-refractivity contribution in [3.8, 4) is 0 Å². The van der Waals surface area contributed by atoms with Crippen LogP contribution in [0, 0.1) is 11.8 Å². The number of carbonyl (C=O) groups excluding carboxylic acids is 1. The lowest BCUT2D eigenvalue weighted by Gasteiger charge is -2.22.